The smallest absolute Gasteiger partial charge is 0.160 e. The van der Waals surface area contributed by atoms with Gasteiger partial charge in [-0.15, -0.1) is 0 Å². The minimum Gasteiger partial charge on any atom is -0.382 e. The van der Waals surface area contributed by atoms with Crippen molar-refractivity contribution in [3.63, 3.8) is 0 Å². The van der Waals surface area contributed by atoms with Crippen molar-refractivity contribution in [2.45, 2.75) is 0 Å². The van der Waals surface area contributed by atoms with Gasteiger partial charge in [0.25, 0.3) is 0 Å². The van der Waals surface area contributed by atoms with E-state index in [9.17, 15) is 0 Å². The van der Waals surface area contributed by atoms with Gasteiger partial charge >= 0.3 is 0 Å². The number of halogens is 2. The van der Waals surface area contributed by atoms with Crippen LogP contribution in [-0.2, 0) is 0 Å². The first-order valence-corrected chi connectivity index (χ1v) is 6.97. The Hall–Kier alpha value is -2.17. The zero-order valence-electron chi connectivity index (χ0n) is 10.9. The fourth-order valence-electron chi connectivity index (χ4n) is 2.09. The van der Waals surface area contributed by atoms with Crippen molar-refractivity contribution in [2.24, 2.45) is 0 Å². The summed E-state index contributed by atoms with van der Waals surface area (Å²) in [5.74, 6) is 6.97. The molecule has 0 amide bonds. The molecule has 4 N–H and O–H groups in total. The van der Waals surface area contributed by atoms with Crippen molar-refractivity contribution in [1.29, 1.82) is 0 Å². The predicted molar refractivity (Wildman–Crippen MR) is 87.7 cm³/mol. The fourth-order valence-corrected chi connectivity index (χ4v) is 2.39. The number of nitrogen functional groups attached to an aromatic ring is 2. The fraction of sp³-hybridized carbons (Fsp3) is 0. The molecule has 0 saturated carbocycles. The van der Waals surface area contributed by atoms with E-state index < -0.39 is 0 Å². The summed E-state index contributed by atoms with van der Waals surface area (Å²) in [5.41, 5.74) is 8.29. The van der Waals surface area contributed by atoms with Crippen molar-refractivity contribution in [3.8, 4) is 22.6 Å². The van der Waals surface area contributed by atoms with Crippen LogP contribution >= 0.6 is 23.2 Å². The lowest BCUT2D eigenvalue weighted by Gasteiger charge is -2.02. The van der Waals surface area contributed by atoms with E-state index in [1.165, 1.54) is 4.68 Å². The summed E-state index contributed by atoms with van der Waals surface area (Å²) in [6.45, 7) is 0. The summed E-state index contributed by atoms with van der Waals surface area (Å²) in [6.07, 6.45) is 0. The van der Waals surface area contributed by atoms with Crippen molar-refractivity contribution in [2.75, 3.05) is 11.6 Å². The number of nitrogens with two attached hydrogens (primary N) is 2. The van der Waals surface area contributed by atoms with Crippen LogP contribution in [0.1, 0.15) is 0 Å². The zero-order valence-corrected chi connectivity index (χ0v) is 12.4. The Balaban J connectivity index is 2.15. The van der Waals surface area contributed by atoms with Gasteiger partial charge in [0, 0.05) is 11.1 Å². The molecule has 21 heavy (non-hydrogen) atoms. The molecule has 0 atom stereocenters. The Labute approximate surface area is 131 Å². The maximum atomic E-state index is 6.06. The minimum absolute atomic E-state index is 0.368. The van der Waals surface area contributed by atoms with Crippen LogP contribution in [0.4, 0.5) is 5.82 Å². The molecule has 0 aliphatic rings. The molecule has 0 aliphatic carbocycles. The lowest BCUT2D eigenvalue weighted by Crippen LogP contribution is -2.13. The first-order valence-electron chi connectivity index (χ1n) is 6.22. The highest BCUT2D eigenvalue weighted by Gasteiger charge is 2.16. The Morgan fingerprint density at radius 1 is 0.905 bits per heavy atom. The summed E-state index contributed by atoms with van der Waals surface area (Å²) in [6, 6.07) is 14.8. The van der Waals surface area contributed by atoms with E-state index in [4.69, 9.17) is 34.8 Å². The second kappa shape index (κ2) is 5.31. The van der Waals surface area contributed by atoms with E-state index in [-0.39, 0.29) is 0 Å². The van der Waals surface area contributed by atoms with Crippen LogP contribution in [0.25, 0.3) is 22.6 Å². The van der Waals surface area contributed by atoms with Gasteiger partial charge < -0.3 is 11.6 Å². The molecule has 0 saturated heterocycles. The highest BCUT2D eigenvalue weighted by molar-refractivity contribution is 6.42. The minimum atomic E-state index is 0.368. The second-order valence-electron chi connectivity index (χ2n) is 4.53. The molecule has 106 valence electrons. The van der Waals surface area contributed by atoms with Gasteiger partial charge in [-0.2, -0.15) is 0 Å². The quantitative estimate of drug-likeness (QED) is 0.706. The van der Waals surface area contributed by atoms with Gasteiger partial charge in [0.2, 0.25) is 0 Å². The van der Waals surface area contributed by atoms with Crippen LogP contribution in [0.15, 0.2) is 48.5 Å². The average Bonchev–Trinajstić information content (AvgIpc) is 2.79. The SMILES string of the molecule is Nc1c(-c2ccc(Cl)c(Cl)c2)nc(-c2ccccc2)n1N. The Morgan fingerprint density at radius 2 is 1.62 bits per heavy atom. The van der Waals surface area contributed by atoms with Crippen molar-refractivity contribution < 1.29 is 0 Å². The number of aromatic nitrogens is 2. The van der Waals surface area contributed by atoms with Gasteiger partial charge in [0.1, 0.15) is 5.69 Å². The first kappa shape index (κ1) is 13.8. The Bertz CT molecular complexity index is 797. The molecule has 3 aromatic rings. The van der Waals surface area contributed by atoms with Gasteiger partial charge in [-0.25, -0.2) is 9.66 Å². The number of anilines is 1. The summed E-state index contributed by atoms with van der Waals surface area (Å²) in [5, 5.41) is 0.927. The molecule has 0 bridgehead atoms. The molecule has 0 aliphatic heterocycles. The highest BCUT2D eigenvalue weighted by Crippen LogP contribution is 2.33. The normalized spacial score (nSPS) is 10.8. The number of hydrogen-bond acceptors (Lipinski definition) is 3. The largest absolute Gasteiger partial charge is 0.382 e. The summed E-state index contributed by atoms with van der Waals surface area (Å²) < 4.78 is 1.37. The van der Waals surface area contributed by atoms with Crippen molar-refractivity contribution >= 4 is 29.0 Å². The van der Waals surface area contributed by atoms with Gasteiger partial charge in [-0.3, -0.25) is 0 Å². The number of benzene rings is 2. The summed E-state index contributed by atoms with van der Waals surface area (Å²) in [7, 11) is 0. The number of rotatable bonds is 2. The number of nitrogens with zero attached hydrogens (tertiary/aromatic N) is 2. The standard InChI is InChI=1S/C15H12Cl2N4/c16-11-7-6-10(8-12(11)17)13-14(18)21(19)15(20-13)9-4-2-1-3-5-9/h1-8H,18-19H2. The molecule has 6 heteroatoms. The number of imidazole rings is 1. The lowest BCUT2D eigenvalue weighted by molar-refractivity contribution is 1.02. The molecular weight excluding hydrogens is 307 g/mol. The van der Waals surface area contributed by atoms with Crippen LogP contribution < -0.4 is 11.6 Å². The highest BCUT2D eigenvalue weighted by atomic mass is 35.5. The molecule has 2 aromatic carbocycles. The third kappa shape index (κ3) is 2.44. The zero-order chi connectivity index (χ0) is 15.0. The maximum Gasteiger partial charge on any atom is 0.160 e. The number of hydrogen-bond donors (Lipinski definition) is 2. The van der Waals surface area contributed by atoms with Crippen LogP contribution in [0.3, 0.4) is 0 Å². The molecule has 4 nitrogen and oxygen atoms in total. The molecule has 1 aromatic heterocycles. The Kier molecular flexibility index (Phi) is 3.49. The first-order chi connectivity index (χ1) is 10.1. The van der Waals surface area contributed by atoms with Gasteiger partial charge in [-0.05, 0) is 12.1 Å². The maximum absolute atomic E-state index is 6.06. The summed E-state index contributed by atoms with van der Waals surface area (Å²) in [4.78, 5) is 4.53. The van der Waals surface area contributed by atoms with E-state index in [2.05, 4.69) is 4.98 Å². The monoisotopic (exact) mass is 318 g/mol. The van der Waals surface area contributed by atoms with E-state index in [0.29, 0.717) is 27.4 Å². The molecule has 0 spiro atoms. The predicted octanol–water partition coefficient (Wildman–Crippen LogP) is 3.82. The molecule has 0 unspecified atom stereocenters. The molecule has 1 heterocycles. The molecule has 0 radical (unpaired) electrons. The Morgan fingerprint density at radius 3 is 2.29 bits per heavy atom. The molecular formula is C15H12Cl2N4. The van der Waals surface area contributed by atoms with E-state index in [0.717, 1.165) is 11.1 Å². The topological polar surface area (TPSA) is 69.9 Å². The van der Waals surface area contributed by atoms with Crippen molar-refractivity contribution in [3.05, 3.63) is 58.6 Å². The van der Waals surface area contributed by atoms with Crippen LogP contribution in [0.2, 0.25) is 10.0 Å². The van der Waals surface area contributed by atoms with E-state index >= 15 is 0 Å². The summed E-state index contributed by atoms with van der Waals surface area (Å²) >= 11 is 12.0. The van der Waals surface area contributed by atoms with Gasteiger partial charge in [0.05, 0.1) is 10.0 Å². The van der Waals surface area contributed by atoms with Gasteiger partial charge in [0.15, 0.2) is 11.6 Å². The third-order valence-corrected chi connectivity index (χ3v) is 3.91. The van der Waals surface area contributed by atoms with E-state index in [1.54, 1.807) is 12.1 Å². The second-order valence-corrected chi connectivity index (χ2v) is 5.35. The van der Waals surface area contributed by atoms with Crippen LogP contribution in [0, 0.1) is 0 Å². The lowest BCUT2D eigenvalue weighted by atomic mass is 10.1. The third-order valence-electron chi connectivity index (χ3n) is 3.17. The van der Waals surface area contributed by atoms with Gasteiger partial charge in [-0.1, -0.05) is 59.6 Å². The van der Waals surface area contributed by atoms with Crippen LogP contribution in [0.5, 0.6) is 0 Å². The van der Waals surface area contributed by atoms with Crippen molar-refractivity contribution in [1.82, 2.24) is 9.66 Å². The van der Waals surface area contributed by atoms with Crippen LogP contribution in [-0.4, -0.2) is 9.66 Å². The molecule has 0 fully saturated rings. The molecule has 3 rings (SSSR count). The van der Waals surface area contributed by atoms with E-state index in [1.807, 2.05) is 36.4 Å². The average molecular weight is 319 g/mol.